The molecule has 0 aliphatic heterocycles. The van der Waals surface area contributed by atoms with Crippen molar-refractivity contribution in [3.8, 4) is 66.8 Å². The van der Waals surface area contributed by atoms with Gasteiger partial charge >= 0.3 is 0 Å². The van der Waals surface area contributed by atoms with Crippen LogP contribution >= 0.6 is 0 Å². The van der Waals surface area contributed by atoms with Crippen molar-refractivity contribution in [3.05, 3.63) is 322 Å². The number of hydrogen-bond acceptors (Lipinski definition) is 3. The van der Waals surface area contributed by atoms with Crippen molar-refractivity contribution in [2.45, 2.75) is 171 Å². The van der Waals surface area contributed by atoms with Crippen LogP contribution in [0.3, 0.4) is 0 Å². The molecule has 0 unspecified atom stereocenters. The first-order valence-electron chi connectivity index (χ1n) is 39.0. The van der Waals surface area contributed by atoms with Gasteiger partial charge < -0.3 is 14.7 Å². The molecular formula is C98H103N3. The zero-order valence-electron chi connectivity index (χ0n) is 68.7. The lowest BCUT2D eigenvalue weighted by Gasteiger charge is -2.41. The van der Waals surface area contributed by atoms with Gasteiger partial charge in [0.25, 0.3) is 0 Å². The van der Waals surface area contributed by atoms with E-state index >= 15 is 0 Å². The SMILES string of the molecule is Cc1ccc2c(c1N(c1cccc(-c3ccccc3)c1C)C(C)(C)C)-c1ccccc1C2(C)C.[2H]C([2H])([2H])c1ccc2c(c1N(c1cc(-c3ccccc3)ccc1C)C(C)(C)C)-c1ccccc1C2(C)C.[2H]C([2H])([2H])c1ccc2c(c1N(c1cccc(-c3ccccc3)c1)C(C)(C)C)-c1ccccc1C2(C)C. The molecule has 0 N–H and O–H groups in total. The van der Waals surface area contributed by atoms with E-state index in [0.29, 0.717) is 11.1 Å². The van der Waals surface area contributed by atoms with Crippen LogP contribution < -0.4 is 14.7 Å². The predicted octanol–water partition coefficient (Wildman–Crippen LogP) is 27.3. The lowest BCUT2D eigenvalue weighted by Crippen LogP contribution is -2.39. The molecule has 101 heavy (non-hydrogen) atoms. The summed E-state index contributed by atoms with van der Waals surface area (Å²) in [5, 5.41) is 0. The van der Waals surface area contributed by atoms with Gasteiger partial charge in [0.15, 0.2) is 0 Å². The molecule has 0 heterocycles. The molecule has 0 atom stereocenters. The standard InChI is InChI=1S/2C33H35N.C32H33N/c1-22-20-21-28-30(26-16-11-12-18-27(26)33(28,6)7)31(22)34(32(3,4)5)29-19-13-17-25(23(29)2)24-14-9-8-10-15-24;1-22-17-19-25(24-13-9-8-10-14-24)21-29(22)34(32(3,4)5)31-23(2)18-20-28-30(31)26-15-11-12-16-27(26)33(28,6)7;1-22-19-20-28-29(26-17-10-11-18-27(26)32(28,5)6)30(22)33(31(2,3)4)25-16-12-15-24(21-25)23-13-8-7-9-14-23/h2*8-21H,1-7H3;7-21H,1-6H3/i;2D3;1D3. The van der Waals surface area contributed by atoms with Crippen molar-refractivity contribution in [1.82, 2.24) is 0 Å². The Labute approximate surface area is 613 Å². The first-order chi connectivity index (χ1) is 50.3. The van der Waals surface area contributed by atoms with Gasteiger partial charge in [-0.05, 0) is 232 Å². The molecule has 15 rings (SSSR count). The zero-order valence-corrected chi connectivity index (χ0v) is 62.7. The Morgan fingerprint density at radius 3 is 1.04 bits per heavy atom. The molecule has 3 nitrogen and oxygen atoms in total. The number of rotatable bonds is 9. The topological polar surface area (TPSA) is 9.72 Å². The average molecular weight is 1330 g/mol. The van der Waals surface area contributed by atoms with E-state index in [0.717, 1.165) is 72.8 Å². The van der Waals surface area contributed by atoms with Crippen LogP contribution in [0, 0.1) is 34.5 Å². The van der Waals surface area contributed by atoms with Gasteiger partial charge in [0.2, 0.25) is 0 Å². The maximum absolute atomic E-state index is 8.56. The average Bonchev–Trinajstić information content (AvgIpc) is 1.59. The third kappa shape index (κ3) is 12.4. The number of anilines is 6. The fraction of sp³-hybridized carbons (Fsp3) is 0.265. The molecule has 0 radical (unpaired) electrons. The number of fused-ring (bicyclic) bond motifs is 9. The van der Waals surface area contributed by atoms with Crippen molar-refractivity contribution in [1.29, 1.82) is 0 Å². The lowest BCUT2D eigenvalue weighted by molar-refractivity contribution is 0.558. The van der Waals surface area contributed by atoms with Crippen LogP contribution in [0.15, 0.2) is 261 Å². The van der Waals surface area contributed by atoms with Crippen molar-refractivity contribution in [2.75, 3.05) is 14.7 Å². The highest BCUT2D eigenvalue weighted by Gasteiger charge is 2.44. The van der Waals surface area contributed by atoms with E-state index in [1.165, 1.54) is 78.1 Å². The van der Waals surface area contributed by atoms with Gasteiger partial charge in [0, 0.05) is 74.8 Å². The van der Waals surface area contributed by atoms with Crippen LogP contribution in [0.1, 0.15) is 173 Å². The Bertz CT molecular complexity index is 5330. The van der Waals surface area contributed by atoms with E-state index in [2.05, 4.69) is 333 Å². The minimum atomic E-state index is -2.26. The highest BCUT2D eigenvalue weighted by Crippen LogP contribution is 2.59. The largest absolute Gasteiger partial charge is 0.335 e. The molecule has 3 heteroatoms. The molecule has 0 fully saturated rings. The van der Waals surface area contributed by atoms with Gasteiger partial charge in [-0.3, -0.25) is 0 Å². The highest BCUT2D eigenvalue weighted by atomic mass is 15.2. The second-order valence-electron chi connectivity index (χ2n) is 32.6. The smallest absolute Gasteiger partial charge is 0.0528 e. The van der Waals surface area contributed by atoms with Gasteiger partial charge in [-0.15, -0.1) is 0 Å². The first kappa shape index (κ1) is 62.1. The molecule has 0 spiro atoms. The third-order valence-corrected chi connectivity index (χ3v) is 21.4. The number of nitrogens with zero attached hydrogens (tertiary/aromatic N) is 3. The normalized spacial score (nSPS) is 15.1. The molecule has 3 aliphatic rings. The highest BCUT2D eigenvalue weighted by molar-refractivity contribution is 5.98. The van der Waals surface area contributed by atoms with Crippen LogP contribution in [0.2, 0.25) is 0 Å². The third-order valence-electron chi connectivity index (χ3n) is 21.4. The quantitative estimate of drug-likeness (QED) is 0.143. The Kier molecular flexibility index (Phi) is 16.1. The number of aryl methyl sites for hydroxylation is 4. The Hall–Kier alpha value is -9.96. The van der Waals surface area contributed by atoms with Crippen LogP contribution in [-0.4, -0.2) is 16.6 Å². The predicted molar refractivity (Wildman–Crippen MR) is 437 cm³/mol. The summed E-state index contributed by atoms with van der Waals surface area (Å²) in [5.74, 6) is 0. The second-order valence-corrected chi connectivity index (χ2v) is 32.6. The summed E-state index contributed by atoms with van der Waals surface area (Å²) in [6, 6.07) is 91.3. The minimum absolute atomic E-state index is 0.0150. The van der Waals surface area contributed by atoms with Crippen molar-refractivity contribution in [2.24, 2.45) is 0 Å². The summed E-state index contributed by atoms with van der Waals surface area (Å²) in [5.41, 5.74) is 31.1. The van der Waals surface area contributed by atoms with Gasteiger partial charge in [-0.25, -0.2) is 0 Å². The van der Waals surface area contributed by atoms with Gasteiger partial charge in [0.05, 0.1) is 17.1 Å². The zero-order chi connectivity index (χ0) is 76.9. The second kappa shape index (κ2) is 26.2. The lowest BCUT2D eigenvalue weighted by atomic mass is 9.82. The maximum atomic E-state index is 8.56. The van der Waals surface area contributed by atoms with E-state index in [1.54, 1.807) is 0 Å². The van der Waals surface area contributed by atoms with E-state index < -0.39 is 19.2 Å². The van der Waals surface area contributed by atoms with E-state index in [1.807, 2.05) is 66.7 Å². The molecule has 0 saturated heterocycles. The number of hydrogen-bond donors (Lipinski definition) is 0. The Morgan fingerprint density at radius 2 is 0.604 bits per heavy atom. The number of benzene rings is 12. The molecule has 12 aromatic rings. The van der Waals surface area contributed by atoms with Crippen LogP contribution in [0.4, 0.5) is 34.1 Å². The summed E-state index contributed by atoms with van der Waals surface area (Å²) < 4.78 is 51.2. The summed E-state index contributed by atoms with van der Waals surface area (Å²) in [4.78, 5) is 7.09. The van der Waals surface area contributed by atoms with Crippen LogP contribution in [-0.2, 0) is 16.2 Å². The molecule has 510 valence electrons. The van der Waals surface area contributed by atoms with Crippen LogP contribution in [0.5, 0.6) is 0 Å². The summed E-state index contributed by atoms with van der Waals surface area (Å²) >= 11 is 0. The van der Waals surface area contributed by atoms with E-state index in [9.17, 15) is 0 Å². The molecular weight excluding hydrogens is 1220 g/mol. The van der Waals surface area contributed by atoms with Crippen molar-refractivity contribution >= 4 is 34.1 Å². The molecule has 0 amide bonds. The Morgan fingerprint density at radius 1 is 0.267 bits per heavy atom. The summed E-state index contributed by atoms with van der Waals surface area (Å²) in [6.45, 7) is 35.7. The molecule has 0 saturated carbocycles. The summed E-state index contributed by atoms with van der Waals surface area (Å²) in [6.07, 6.45) is 0. The fourth-order valence-corrected chi connectivity index (χ4v) is 16.6. The van der Waals surface area contributed by atoms with Crippen molar-refractivity contribution in [3.63, 3.8) is 0 Å². The fourth-order valence-electron chi connectivity index (χ4n) is 16.6. The van der Waals surface area contributed by atoms with Crippen molar-refractivity contribution < 1.29 is 8.22 Å². The molecule has 12 aromatic carbocycles. The first-order valence-corrected chi connectivity index (χ1v) is 36.0. The molecule has 3 aliphatic carbocycles. The van der Waals surface area contributed by atoms with E-state index in [4.69, 9.17) is 8.22 Å². The Balaban J connectivity index is 0.000000142. The monoisotopic (exact) mass is 1330 g/mol. The summed E-state index contributed by atoms with van der Waals surface area (Å²) in [7, 11) is 0. The van der Waals surface area contributed by atoms with E-state index in [-0.39, 0.29) is 27.3 Å². The van der Waals surface area contributed by atoms with Gasteiger partial charge in [-0.1, -0.05) is 278 Å². The minimum Gasteiger partial charge on any atom is -0.335 e. The van der Waals surface area contributed by atoms with Crippen LogP contribution in [0.25, 0.3) is 66.8 Å². The maximum Gasteiger partial charge on any atom is 0.0528 e. The van der Waals surface area contributed by atoms with Gasteiger partial charge in [-0.2, -0.15) is 0 Å². The van der Waals surface area contributed by atoms with Gasteiger partial charge in [0.1, 0.15) is 0 Å². The molecule has 0 bridgehead atoms. The molecule has 0 aromatic heterocycles.